The molecular weight excluding hydrogens is 713 g/mol. The molecule has 0 bridgehead atoms. The Bertz CT molecular complexity index is 3190. The van der Waals surface area contributed by atoms with Crippen LogP contribution in [0.25, 0.3) is 55.1 Å². The van der Waals surface area contributed by atoms with Gasteiger partial charge in [0.15, 0.2) is 0 Å². The minimum Gasteiger partial charge on any atom is -0.457 e. The van der Waals surface area contributed by atoms with Crippen LogP contribution in [0.3, 0.4) is 0 Å². The van der Waals surface area contributed by atoms with Gasteiger partial charge in [-0.25, -0.2) is 4.98 Å². The van der Waals surface area contributed by atoms with Crippen molar-refractivity contribution < 1.29 is 4.74 Å². The summed E-state index contributed by atoms with van der Waals surface area (Å²) < 4.78 is 11.3. The molecule has 0 saturated heterocycles. The first-order chi connectivity index (χ1) is 28.4. The summed E-state index contributed by atoms with van der Waals surface area (Å²) in [5.74, 6) is 2.41. The number of rotatable bonds is 6. The zero-order valence-corrected chi connectivity index (χ0v) is 32.5. The van der Waals surface area contributed by atoms with Gasteiger partial charge in [0.05, 0.1) is 45.3 Å². The first kappa shape index (κ1) is 33.9. The zero-order valence-electron chi connectivity index (χ0n) is 32.5. The third-order valence-corrected chi connectivity index (χ3v) is 11.5. The topological polar surface area (TPSA) is 51.4 Å². The number of hydrogen-bond donors (Lipinski definition) is 0. The standard InChI is InChI=1S/C51H40N6O/c1-51(2,3)34-25-28-53-49(29-34)57-42-19-9-7-17-39(42)40-24-23-38(31-47(40)57)58-37-16-11-15-36(30-37)54-33-55(48-32-52-27-26-44(48)54)45-21-12-22-46-50(45)41-18-8-10-20-43(41)56(46)35-13-5-4-6-14-35/h4-32H,33H2,1-3H3. The van der Waals surface area contributed by atoms with Gasteiger partial charge in [0.2, 0.25) is 0 Å². The Morgan fingerprint density at radius 1 is 0.500 bits per heavy atom. The second kappa shape index (κ2) is 13.1. The van der Waals surface area contributed by atoms with Crippen LogP contribution < -0.4 is 14.5 Å². The molecule has 0 saturated carbocycles. The summed E-state index contributed by atoms with van der Waals surface area (Å²) in [5, 5.41) is 4.76. The Morgan fingerprint density at radius 3 is 2.05 bits per heavy atom. The van der Waals surface area contributed by atoms with E-state index in [1.807, 2.05) is 24.7 Å². The maximum absolute atomic E-state index is 6.71. The SMILES string of the molecule is CC(C)(C)c1ccnc(-n2c3ccccc3c3ccc(Oc4cccc(N5CN(c6cccc7c6c6ccccc6n7-c6ccccc6)c6cnccc65)c4)cc32)c1. The quantitative estimate of drug-likeness (QED) is 0.169. The van der Waals surface area contributed by atoms with E-state index < -0.39 is 0 Å². The lowest BCUT2D eigenvalue weighted by molar-refractivity contribution is 0.483. The lowest BCUT2D eigenvalue weighted by atomic mass is 9.88. The molecule has 6 aromatic carbocycles. The normalized spacial score (nSPS) is 12.9. The number of benzene rings is 6. The molecule has 280 valence electrons. The fourth-order valence-corrected chi connectivity index (χ4v) is 8.73. The van der Waals surface area contributed by atoms with Gasteiger partial charge < -0.3 is 19.1 Å². The van der Waals surface area contributed by atoms with Gasteiger partial charge >= 0.3 is 0 Å². The monoisotopic (exact) mass is 752 g/mol. The second-order valence-electron chi connectivity index (χ2n) is 16.0. The third-order valence-electron chi connectivity index (χ3n) is 11.5. The predicted octanol–water partition coefficient (Wildman–Crippen LogP) is 13.0. The van der Waals surface area contributed by atoms with Crippen molar-refractivity contribution in [2.45, 2.75) is 26.2 Å². The molecular formula is C51H40N6O. The van der Waals surface area contributed by atoms with E-state index in [0.717, 1.165) is 67.7 Å². The van der Waals surface area contributed by atoms with Crippen molar-refractivity contribution in [3.8, 4) is 23.0 Å². The van der Waals surface area contributed by atoms with Crippen LogP contribution in [0.4, 0.5) is 22.7 Å². The molecule has 0 atom stereocenters. The minimum atomic E-state index is -0.00470. The molecule has 0 aliphatic carbocycles. The number of pyridine rings is 2. The first-order valence-corrected chi connectivity index (χ1v) is 19.8. The number of para-hydroxylation sites is 3. The summed E-state index contributed by atoms with van der Waals surface area (Å²) in [6.45, 7) is 7.32. The van der Waals surface area contributed by atoms with Crippen LogP contribution in [0.2, 0.25) is 0 Å². The molecule has 4 aromatic heterocycles. The van der Waals surface area contributed by atoms with Crippen molar-refractivity contribution in [2.24, 2.45) is 0 Å². The Balaban J connectivity index is 0.971. The van der Waals surface area contributed by atoms with Crippen LogP contribution >= 0.6 is 0 Å². The molecule has 0 spiro atoms. The highest BCUT2D eigenvalue weighted by Crippen LogP contribution is 2.48. The average Bonchev–Trinajstić information content (AvgIpc) is 3.92. The average molecular weight is 753 g/mol. The number of ether oxygens (including phenoxy) is 1. The highest BCUT2D eigenvalue weighted by molar-refractivity contribution is 6.16. The van der Waals surface area contributed by atoms with Crippen LogP contribution in [0.1, 0.15) is 26.3 Å². The van der Waals surface area contributed by atoms with Gasteiger partial charge in [-0.2, -0.15) is 0 Å². The van der Waals surface area contributed by atoms with Gasteiger partial charge in [-0.15, -0.1) is 0 Å². The van der Waals surface area contributed by atoms with Crippen molar-refractivity contribution >= 4 is 66.4 Å². The summed E-state index contributed by atoms with van der Waals surface area (Å²) in [5.41, 5.74) is 11.2. The highest BCUT2D eigenvalue weighted by Gasteiger charge is 2.31. The molecule has 1 aliphatic rings. The molecule has 58 heavy (non-hydrogen) atoms. The van der Waals surface area contributed by atoms with Crippen molar-refractivity contribution in [1.29, 1.82) is 0 Å². The van der Waals surface area contributed by atoms with Gasteiger partial charge in [-0.1, -0.05) is 87.5 Å². The molecule has 10 aromatic rings. The molecule has 1 aliphatic heterocycles. The van der Waals surface area contributed by atoms with Gasteiger partial charge in [-0.3, -0.25) is 9.55 Å². The van der Waals surface area contributed by atoms with E-state index in [2.05, 4.69) is 196 Å². The number of fused-ring (bicyclic) bond motifs is 7. The summed E-state index contributed by atoms with van der Waals surface area (Å²) >= 11 is 0. The van der Waals surface area contributed by atoms with Gasteiger partial charge in [0, 0.05) is 57.4 Å². The number of hydrogen-bond acceptors (Lipinski definition) is 5. The van der Waals surface area contributed by atoms with Crippen LogP contribution in [0, 0.1) is 0 Å². The van der Waals surface area contributed by atoms with Crippen LogP contribution in [-0.2, 0) is 5.41 Å². The van der Waals surface area contributed by atoms with Crippen molar-refractivity contribution in [3.63, 3.8) is 0 Å². The van der Waals surface area contributed by atoms with Crippen molar-refractivity contribution in [3.05, 3.63) is 182 Å². The summed E-state index contributed by atoms with van der Waals surface area (Å²) in [6.07, 6.45) is 5.77. The second-order valence-corrected chi connectivity index (χ2v) is 16.0. The maximum atomic E-state index is 6.71. The van der Waals surface area contributed by atoms with Crippen LogP contribution in [0.15, 0.2) is 176 Å². The van der Waals surface area contributed by atoms with E-state index >= 15 is 0 Å². The predicted molar refractivity (Wildman–Crippen MR) is 238 cm³/mol. The Morgan fingerprint density at radius 2 is 1.21 bits per heavy atom. The molecule has 5 heterocycles. The molecule has 0 unspecified atom stereocenters. The fraction of sp³-hybridized carbons (Fsp3) is 0.0980. The molecule has 0 N–H and O–H groups in total. The molecule has 7 heteroatoms. The summed E-state index contributed by atoms with van der Waals surface area (Å²) in [6, 6.07) is 55.6. The summed E-state index contributed by atoms with van der Waals surface area (Å²) in [7, 11) is 0. The van der Waals surface area contributed by atoms with E-state index in [0.29, 0.717) is 6.67 Å². The summed E-state index contributed by atoms with van der Waals surface area (Å²) in [4.78, 5) is 14.2. The largest absolute Gasteiger partial charge is 0.457 e. The van der Waals surface area contributed by atoms with Gasteiger partial charge in [-0.05, 0) is 89.8 Å². The van der Waals surface area contributed by atoms with Crippen LogP contribution in [0.5, 0.6) is 11.5 Å². The lowest BCUT2D eigenvalue weighted by Gasteiger charge is -2.23. The van der Waals surface area contributed by atoms with Crippen molar-refractivity contribution in [1.82, 2.24) is 19.1 Å². The Kier molecular flexibility index (Phi) is 7.66. The maximum Gasteiger partial charge on any atom is 0.137 e. The molecule has 0 fully saturated rings. The van der Waals surface area contributed by atoms with Crippen molar-refractivity contribution in [2.75, 3.05) is 16.5 Å². The Labute approximate surface area is 336 Å². The van der Waals surface area contributed by atoms with E-state index in [1.165, 1.54) is 27.2 Å². The van der Waals surface area contributed by atoms with Crippen LogP contribution in [-0.4, -0.2) is 25.8 Å². The molecule has 0 amide bonds. The number of aromatic nitrogens is 4. The van der Waals surface area contributed by atoms with E-state index in [-0.39, 0.29) is 5.41 Å². The first-order valence-electron chi connectivity index (χ1n) is 19.8. The lowest BCUT2D eigenvalue weighted by Crippen LogP contribution is -2.24. The minimum absolute atomic E-state index is 0.00470. The van der Waals surface area contributed by atoms with E-state index in [1.54, 1.807) is 0 Å². The van der Waals surface area contributed by atoms with Gasteiger partial charge in [0.25, 0.3) is 0 Å². The third kappa shape index (κ3) is 5.42. The van der Waals surface area contributed by atoms with E-state index in [4.69, 9.17) is 9.72 Å². The van der Waals surface area contributed by atoms with Gasteiger partial charge in [0.1, 0.15) is 24.0 Å². The number of anilines is 4. The molecule has 7 nitrogen and oxygen atoms in total. The molecule has 11 rings (SSSR count). The fourth-order valence-electron chi connectivity index (χ4n) is 8.73. The molecule has 0 radical (unpaired) electrons. The smallest absolute Gasteiger partial charge is 0.137 e. The number of nitrogens with zero attached hydrogens (tertiary/aromatic N) is 6. The van der Waals surface area contributed by atoms with E-state index in [9.17, 15) is 0 Å². The highest BCUT2D eigenvalue weighted by atomic mass is 16.5. The zero-order chi connectivity index (χ0) is 39.0. The Hall–Kier alpha value is -7.38.